The minimum absolute atomic E-state index is 0.481. The van der Waals surface area contributed by atoms with Crippen LogP contribution in [-0.4, -0.2) is 0 Å². The summed E-state index contributed by atoms with van der Waals surface area (Å²) in [5.41, 5.74) is 2.32. The van der Waals surface area contributed by atoms with Crippen molar-refractivity contribution >= 4 is 34.1 Å². The molecule has 0 aliphatic rings. The molecule has 0 amide bonds. The zero-order valence-electron chi connectivity index (χ0n) is 7.74. The molecular weight excluding hydrogens is 210 g/mol. The van der Waals surface area contributed by atoms with Crippen molar-refractivity contribution in [1.29, 1.82) is 5.26 Å². The average Bonchev–Trinajstić information content (AvgIpc) is 2.47. The Kier molecular flexibility index (Phi) is 2.49. The highest BCUT2D eigenvalue weighted by atomic mass is 32.2. The molecule has 1 heterocycles. The number of nitrogens with zero attached hydrogens (tertiary/aromatic N) is 1. The van der Waals surface area contributed by atoms with Gasteiger partial charge in [-0.1, -0.05) is 6.07 Å². The summed E-state index contributed by atoms with van der Waals surface area (Å²) < 4.78 is 2.30. The van der Waals surface area contributed by atoms with Crippen molar-refractivity contribution in [2.24, 2.45) is 0 Å². The second-order valence-electron chi connectivity index (χ2n) is 3.25. The van der Waals surface area contributed by atoms with E-state index in [-0.39, 0.29) is 0 Å². The summed E-state index contributed by atoms with van der Waals surface area (Å²) in [6.45, 7) is 2.08. The number of rotatable bonds is 1. The van der Waals surface area contributed by atoms with E-state index in [2.05, 4.69) is 43.8 Å². The third kappa shape index (κ3) is 1.63. The molecule has 0 N–H and O–H groups in total. The van der Waals surface area contributed by atoms with E-state index in [9.17, 15) is 0 Å². The van der Waals surface area contributed by atoms with Crippen LogP contribution in [0.3, 0.4) is 0 Å². The number of aryl methyl sites for hydroxylation is 1. The fourth-order valence-electron chi connectivity index (χ4n) is 1.59. The molecule has 0 atom stereocenters. The predicted molar refractivity (Wildman–Crippen MR) is 63.1 cm³/mol. The van der Waals surface area contributed by atoms with Gasteiger partial charge < -0.3 is 0 Å². The van der Waals surface area contributed by atoms with Crippen molar-refractivity contribution in [1.82, 2.24) is 0 Å². The summed E-state index contributed by atoms with van der Waals surface area (Å²) in [5, 5.41) is 9.82. The van der Waals surface area contributed by atoms with Gasteiger partial charge in [0.25, 0.3) is 0 Å². The lowest BCUT2D eigenvalue weighted by molar-refractivity contribution is 1.26. The van der Waals surface area contributed by atoms with Gasteiger partial charge in [-0.25, -0.2) is 0 Å². The number of fused-ring (bicyclic) bond motifs is 1. The summed E-state index contributed by atoms with van der Waals surface area (Å²) in [5.74, 6) is 0. The maximum Gasteiger partial charge on any atom is 0.0669 e. The van der Waals surface area contributed by atoms with Crippen LogP contribution in [0, 0.1) is 18.3 Å². The Hall–Kier alpha value is -0.980. The van der Waals surface area contributed by atoms with E-state index in [1.807, 2.05) is 0 Å². The van der Waals surface area contributed by atoms with Gasteiger partial charge in [-0.2, -0.15) is 5.26 Å². The molecule has 1 aromatic carbocycles. The zero-order chi connectivity index (χ0) is 10.1. The first-order valence-electron chi connectivity index (χ1n) is 4.29. The lowest BCUT2D eigenvalue weighted by Crippen LogP contribution is -1.82. The second-order valence-corrected chi connectivity index (χ2v) is 5.09. The highest BCUT2D eigenvalue weighted by molar-refractivity contribution is 7.83. The van der Waals surface area contributed by atoms with Crippen LogP contribution in [0.1, 0.15) is 11.1 Å². The van der Waals surface area contributed by atoms with Crippen LogP contribution in [-0.2, 0) is 6.42 Å². The molecule has 70 valence electrons. The summed E-state index contributed by atoms with van der Waals surface area (Å²) in [4.78, 5) is 0. The smallest absolute Gasteiger partial charge is 0.0669 e. The zero-order valence-corrected chi connectivity index (χ0v) is 9.45. The third-order valence-corrected chi connectivity index (χ3v) is 3.62. The highest BCUT2D eigenvalue weighted by Gasteiger charge is 2.04. The van der Waals surface area contributed by atoms with Crippen molar-refractivity contribution in [2.45, 2.75) is 17.6 Å². The number of nitriles is 1. The maximum absolute atomic E-state index is 8.63. The quantitative estimate of drug-likeness (QED) is 0.728. The average molecular weight is 219 g/mol. The van der Waals surface area contributed by atoms with Crippen molar-refractivity contribution < 1.29 is 0 Å². The van der Waals surface area contributed by atoms with Gasteiger partial charge in [-0.05, 0) is 35.6 Å². The van der Waals surface area contributed by atoms with Gasteiger partial charge >= 0.3 is 0 Å². The van der Waals surface area contributed by atoms with Crippen LogP contribution in [0.2, 0.25) is 0 Å². The van der Waals surface area contributed by atoms with E-state index in [1.54, 1.807) is 11.3 Å². The first kappa shape index (κ1) is 9.57. The molecule has 0 spiro atoms. The SMILES string of the molecule is Cc1cc(CC#N)cc2cc(S)sc12. The molecular formula is C11H9NS2. The van der Waals surface area contributed by atoms with Crippen molar-refractivity contribution in [3.05, 3.63) is 29.3 Å². The molecule has 0 radical (unpaired) electrons. The first-order valence-corrected chi connectivity index (χ1v) is 5.56. The Morgan fingerprint density at radius 1 is 1.43 bits per heavy atom. The lowest BCUT2D eigenvalue weighted by Gasteiger charge is -1.99. The minimum Gasteiger partial charge on any atom is -0.198 e. The molecule has 14 heavy (non-hydrogen) atoms. The second kappa shape index (κ2) is 3.64. The summed E-state index contributed by atoms with van der Waals surface area (Å²) >= 11 is 6.02. The Bertz CT molecular complexity index is 520. The van der Waals surface area contributed by atoms with Gasteiger partial charge in [0.15, 0.2) is 0 Å². The van der Waals surface area contributed by atoms with E-state index in [4.69, 9.17) is 5.26 Å². The molecule has 3 heteroatoms. The summed E-state index contributed by atoms with van der Waals surface area (Å²) in [6.07, 6.45) is 0.481. The number of hydrogen-bond donors (Lipinski definition) is 1. The van der Waals surface area contributed by atoms with Crippen LogP contribution >= 0.6 is 24.0 Å². The van der Waals surface area contributed by atoms with Gasteiger partial charge in [0, 0.05) is 4.70 Å². The third-order valence-electron chi connectivity index (χ3n) is 2.13. The summed E-state index contributed by atoms with van der Waals surface area (Å²) in [6, 6.07) is 8.37. The predicted octanol–water partition coefficient (Wildman–Crippen LogP) is 3.56. The van der Waals surface area contributed by atoms with E-state index in [1.165, 1.54) is 15.6 Å². The number of thiol groups is 1. The molecule has 0 bridgehead atoms. The van der Waals surface area contributed by atoms with E-state index < -0.39 is 0 Å². The van der Waals surface area contributed by atoms with Crippen LogP contribution in [0.4, 0.5) is 0 Å². The molecule has 1 nitrogen and oxygen atoms in total. The Labute approximate surface area is 92.4 Å². The van der Waals surface area contributed by atoms with Gasteiger partial charge in [0.05, 0.1) is 16.7 Å². The molecule has 0 saturated heterocycles. The molecule has 0 saturated carbocycles. The van der Waals surface area contributed by atoms with Crippen LogP contribution in [0.5, 0.6) is 0 Å². The molecule has 0 aliphatic heterocycles. The van der Waals surface area contributed by atoms with Gasteiger partial charge in [-0.3, -0.25) is 0 Å². The van der Waals surface area contributed by atoms with Crippen LogP contribution in [0.15, 0.2) is 22.4 Å². The van der Waals surface area contributed by atoms with Crippen molar-refractivity contribution in [3.8, 4) is 6.07 Å². The van der Waals surface area contributed by atoms with Gasteiger partial charge in [-0.15, -0.1) is 24.0 Å². The molecule has 0 fully saturated rings. The van der Waals surface area contributed by atoms with E-state index >= 15 is 0 Å². The molecule has 0 aliphatic carbocycles. The highest BCUT2D eigenvalue weighted by Crippen LogP contribution is 2.31. The van der Waals surface area contributed by atoms with Crippen LogP contribution < -0.4 is 0 Å². The Morgan fingerprint density at radius 2 is 2.21 bits per heavy atom. The van der Waals surface area contributed by atoms with E-state index in [0.717, 1.165) is 9.77 Å². The minimum atomic E-state index is 0.481. The summed E-state index contributed by atoms with van der Waals surface area (Å²) in [7, 11) is 0. The van der Waals surface area contributed by atoms with E-state index in [0.29, 0.717) is 6.42 Å². The molecule has 2 aromatic rings. The van der Waals surface area contributed by atoms with Crippen molar-refractivity contribution in [3.63, 3.8) is 0 Å². The largest absolute Gasteiger partial charge is 0.198 e. The monoisotopic (exact) mass is 219 g/mol. The molecule has 0 unspecified atom stereocenters. The van der Waals surface area contributed by atoms with Crippen molar-refractivity contribution in [2.75, 3.05) is 0 Å². The van der Waals surface area contributed by atoms with Crippen LogP contribution in [0.25, 0.3) is 10.1 Å². The number of benzene rings is 1. The molecule has 1 aromatic heterocycles. The maximum atomic E-state index is 8.63. The number of thiophene rings is 1. The molecule has 2 rings (SSSR count). The Balaban J connectivity index is 2.66. The lowest BCUT2D eigenvalue weighted by atomic mass is 10.1. The fourth-order valence-corrected chi connectivity index (χ4v) is 2.85. The first-order chi connectivity index (χ1) is 6.70. The normalized spacial score (nSPS) is 10.4. The van der Waals surface area contributed by atoms with Gasteiger partial charge in [0.2, 0.25) is 0 Å². The number of hydrogen-bond acceptors (Lipinski definition) is 3. The Morgan fingerprint density at radius 3 is 2.93 bits per heavy atom. The standard InChI is InChI=1S/C11H9NS2/c1-7-4-8(2-3-12)5-9-6-10(13)14-11(7)9/h4-6,13H,2H2,1H3. The fraction of sp³-hybridized carbons (Fsp3) is 0.182. The topological polar surface area (TPSA) is 23.8 Å². The van der Waals surface area contributed by atoms with Gasteiger partial charge in [0.1, 0.15) is 0 Å².